The highest BCUT2D eigenvalue weighted by atomic mass is 16.1. The third kappa shape index (κ3) is 2.39. The molecule has 0 spiro atoms. The van der Waals surface area contributed by atoms with Gasteiger partial charge in [0.25, 0.3) is 7.41 Å². The lowest BCUT2D eigenvalue weighted by molar-refractivity contribution is 0.266. The van der Waals surface area contributed by atoms with E-state index in [2.05, 4.69) is 9.91 Å². The van der Waals surface area contributed by atoms with Gasteiger partial charge in [0.1, 0.15) is 0 Å². The van der Waals surface area contributed by atoms with Crippen LogP contribution in [0.2, 0.25) is 0 Å². The van der Waals surface area contributed by atoms with Crippen LogP contribution in [0.25, 0.3) is 0 Å². The van der Waals surface area contributed by atoms with Gasteiger partial charge in [-0.1, -0.05) is 0 Å². The second-order valence-corrected chi connectivity index (χ2v) is 3.95. The van der Waals surface area contributed by atoms with Gasteiger partial charge >= 0.3 is 0 Å². The molecule has 15 heavy (non-hydrogen) atoms. The smallest absolute Gasteiger partial charge is 0.281 e. The fourth-order valence-corrected chi connectivity index (χ4v) is 2.02. The van der Waals surface area contributed by atoms with Crippen molar-refractivity contribution in [2.24, 2.45) is 0 Å². The maximum absolute atomic E-state index is 10.4. The summed E-state index contributed by atoms with van der Waals surface area (Å²) < 4.78 is 1.94. The lowest BCUT2D eigenvalue weighted by Crippen LogP contribution is -2.37. The van der Waals surface area contributed by atoms with Gasteiger partial charge in [-0.15, -0.1) is 0 Å². The molecule has 0 bridgehead atoms. The maximum Gasteiger partial charge on any atom is 0.281 e. The van der Waals surface area contributed by atoms with Crippen LogP contribution in [-0.2, 0) is 4.79 Å². The van der Waals surface area contributed by atoms with Gasteiger partial charge in [-0.05, 0) is 25.9 Å². The first-order valence-corrected chi connectivity index (χ1v) is 5.25. The minimum atomic E-state index is 0.435. The minimum Gasteiger partial charge on any atom is -0.396 e. The first-order chi connectivity index (χ1) is 7.29. The first-order valence-electron chi connectivity index (χ1n) is 5.25. The molecule has 0 saturated carbocycles. The van der Waals surface area contributed by atoms with E-state index in [0.717, 1.165) is 32.1 Å². The highest BCUT2D eigenvalue weighted by molar-refractivity contribution is 6.64. The Labute approximate surface area is 89.5 Å². The van der Waals surface area contributed by atoms with Crippen LogP contribution in [0.1, 0.15) is 18.9 Å². The topological polar surface area (TPSA) is 64.2 Å². The van der Waals surface area contributed by atoms with E-state index in [1.165, 1.54) is 0 Å². The number of nitrogens with zero attached hydrogens (tertiary/aromatic N) is 3. The number of aromatic nitrogens is 2. The third-order valence-electron chi connectivity index (χ3n) is 2.89. The van der Waals surface area contributed by atoms with E-state index in [-0.39, 0.29) is 0 Å². The van der Waals surface area contributed by atoms with E-state index in [1.54, 1.807) is 6.20 Å². The Morgan fingerprint density at radius 2 is 2.27 bits per heavy atom. The Morgan fingerprint density at radius 3 is 2.80 bits per heavy atom. The standard InChI is InChI=1S/C9H15BN4O/c11-8-5-12-14(6-8)9-1-3-13(4-2-9)10-7-15/h5-7,9-10H,1-4,11H2. The number of hydrogen-bond donors (Lipinski definition) is 1. The van der Waals surface area contributed by atoms with Crippen molar-refractivity contribution >= 4 is 19.3 Å². The minimum absolute atomic E-state index is 0.435. The molecular formula is C9H15BN4O. The average Bonchev–Trinajstić information content (AvgIpc) is 2.67. The summed E-state index contributed by atoms with van der Waals surface area (Å²) in [7, 11) is 0.550. The van der Waals surface area contributed by atoms with Crippen molar-refractivity contribution in [3.8, 4) is 0 Å². The van der Waals surface area contributed by atoms with E-state index in [1.807, 2.05) is 10.9 Å². The van der Waals surface area contributed by atoms with E-state index in [9.17, 15) is 4.79 Å². The second kappa shape index (κ2) is 4.48. The number of piperidine rings is 1. The molecule has 0 atom stereocenters. The Morgan fingerprint density at radius 1 is 1.53 bits per heavy atom. The molecule has 0 aromatic carbocycles. The Kier molecular flexibility index (Phi) is 3.06. The lowest BCUT2D eigenvalue weighted by atomic mass is 9.90. The molecule has 2 rings (SSSR count). The molecule has 2 heterocycles. The highest BCUT2D eigenvalue weighted by Crippen LogP contribution is 2.21. The lowest BCUT2D eigenvalue weighted by Gasteiger charge is -2.30. The first kappa shape index (κ1) is 10.2. The summed E-state index contributed by atoms with van der Waals surface area (Å²) in [5.41, 5.74) is 6.33. The fraction of sp³-hybridized carbons (Fsp3) is 0.556. The summed E-state index contributed by atoms with van der Waals surface area (Å²) in [6, 6.07) is 0.435. The number of anilines is 1. The molecule has 0 amide bonds. The zero-order valence-electron chi connectivity index (χ0n) is 8.67. The molecule has 0 unspecified atom stereocenters. The number of carbonyl (C=O) groups is 1. The molecule has 6 heteroatoms. The third-order valence-corrected chi connectivity index (χ3v) is 2.89. The average molecular weight is 206 g/mol. The number of hydrogen-bond acceptors (Lipinski definition) is 4. The monoisotopic (exact) mass is 206 g/mol. The number of rotatable bonds is 3. The van der Waals surface area contributed by atoms with Gasteiger partial charge in [0.15, 0.2) is 0 Å². The molecule has 0 radical (unpaired) electrons. The molecular weight excluding hydrogens is 191 g/mol. The van der Waals surface area contributed by atoms with Crippen LogP contribution in [0.3, 0.4) is 0 Å². The quantitative estimate of drug-likeness (QED) is 0.542. The van der Waals surface area contributed by atoms with Crippen molar-refractivity contribution in [2.45, 2.75) is 18.9 Å². The van der Waals surface area contributed by atoms with Gasteiger partial charge in [0.05, 0.1) is 24.1 Å². The summed E-state index contributed by atoms with van der Waals surface area (Å²) in [6.45, 7) is 1.92. The van der Waals surface area contributed by atoms with Crippen molar-refractivity contribution in [2.75, 3.05) is 18.8 Å². The Bertz CT molecular complexity index is 333. The Balaban J connectivity index is 1.90. The van der Waals surface area contributed by atoms with E-state index in [0.29, 0.717) is 19.1 Å². The van der Waals surface area contributed by atoms with E-state index >= 15 is 0 Å². The van der Waals surface area contributed by atoms with Crippen LogP contribution >= 0.6 is 0 Å². The molecule has 1 aromatic rings. The van der Waals surface area contributed by atoms with Crippen molar-refractivity contribution in [1.82, 2.24) is 14.6 Å². The normalized spacial score (nSPS) is 18.9. The SMILES string of the molecule is Nc1cnn(C2CCN(BC=O)CC2)c1. The van der Waals surface area contributed by atoms with Crippen LogP contribution in [0.5, 0.6) is 0 Å². The number of nitrogens with two attached hydrogens (primary N) is 1. The van der Waals surface area contributed by atoms with Gasteiger partial charge < -0.3 is 15.3 Å². The zero-order valence-corrected chi connectivity index (χ0v) is 8.67. The molecule has 1 aliphatic heterocycles. The van der Waals surface area contributed by atoms with Gasteiger partial charge in [0.2, 0.25) is 0 Å². The highest BCUT2D eigenvalue weighted by Gasteiger charge is 2.20. The van der Waals surface area contributed by atoms with Gasteiger partial charge in [-0.3, -0.25) is 4.68 Å². The fourth-order valence-electron chi connectivity index (χ4n) is 2.02. The largest absolute Gasteiger partial charge is 0.396 e. The van der Waals surface area contributed by atoms with Crippen LogP contribution in [-0.4, -0.2) is 41.3 Å². The molecule has 1 aromatic heterocycles. The van der Waals surface area contributed by atoms with Gasteiger partial charge in [-0.2, -0.15) is 5.10 Å². The summed E-state index contributed by atoms with van der Waals surface area (Å²) >= 11 is 0. The molecule has 80 valence electrons. The van der Waals surface area contributed by atoms with Crippen molar-refractivity contribution in [3.05, 3.63) is 12.4 Å². The van der Waals surface area contributed by atoms with Gasteiger partial charge in [0, 0.05) is 6.20 Å². The molecule has 1 aliphatic rings. The molecule has 1 fully saturated rings. The molecule has 2 N–H and O–H groups in total. The number of carbonyl (C=O) groups excluding carboxylic acids is 1. The second-order valence-electron chi connectivity index (χ2n) is 3.95. The van der Waals surface area contributed by atoms with E-state index < -0.39 is 0 Å². The summed E-state index contributed by atoms with van der Waals surface area (Å²) in [4.78, 5) is 12.5. The molecule has 1 saturated heterocycles. The zero-order chi connectivity index (χ0) is 10.7. The molecule has 5 nitrogen and oxygen atoms in total. The Hall–Kier alpha value is -1.30. The van der Waals surface area contributed by atoms with Crippen molar-refractivity contribution < 1.29 is 4.79 Å². The van der Waals surface area contributed by atoms with Crippen LogP contribution in [0.4, 0.5) is 5.69 Å². The predicted molar refractivity (Wildman–Crippen MR) is 60.4 cm³/mol. The van der Waals surface area contributed by atoms with Crippen molar-refractivity contribution in [3.63, 3.8) is 0 Å². The van der Waals surface area contributed by atoms with Crippen molar-refractivity contribution in [1.29, 1.82) is 0 Å². The van der Waals surface area contributed by atoms with Crippen LogP contribution in [0, 0.1) is 0 Å². The predicted octanol–water partition coefficient (Wildman–Crippen LogP) is -0.356. The number of nitrogen functional groups attached to an aromatic ring is 1. The van der Waals surface area contributed by atoms with Gasteiger partial charge in [-0.25, -0.2) is 0 Å². The maximum atomic E-state index is 10.4. The summed E-state index contributed by atoms with van der Waals surface area (Å²) in [6.07, 6.45) is 6.59. The van der Waals surface area contributed by atoms with Crippen LogP contribution < -0.4 is 5.73 Å². The van der Waals surface area contributed by atoms with Crippen LogP contribution in [0.15, 0.2) is 12.4 Å². The van der Waals surface area contributed by atoms with E-state index in [4.69, 9.17) is 5.73 Å². The summed E-state index contributed by atoms with van der Waals surface area (Å²) in [5.74, 6) is 0. The molecule has 0 aliphatic carbocycles. The summed E-state index contributed by atoms with van der Waals surface area (Å²) in [5, 5.41) is 4.21.